The molecule has 0 aromatic rings. The van der Waals surface area contributed by atoms with Crippen LogP contribution in [0, 0.1) is 11.3 Å². The summed E-state index contributed by atoms with van der Waals surface area (Å²) >= 11 is 0. The van der Waals surface area contributed by atoms with Gasteiger partial charge >= 0.3 is 0 Å². The van der Waals surface area contributed by atoms with E-state index in [2.05, 4.69) is 5.32 Å². The molecule has 0 atom stereocenters. The van der Waals surface area contributed by atoms with E-state index in [4.69, 9.17) is 11.0 Å². The van der Waals surface area contributed by atoms with Crippen molar-refractivity contribution in [2.45, 2.75) is 32.2 Å². The number of amides is 2. The minimum atomic E-state index is -0.681. The lowest BCUT2D eigenvalue weighted by Crippen LogP contribution is -2.45. The zero-order valence-electron chi connectivity index (χ0n) is 7.76. The average Bonchev–Trinajstić information content (AvgIpc) is 1.81. The Kier molecular flexibility index (Phi) is 3.92. The van der Waals surface area contributed by atoms with Crippen LogP contribution >= 0.6 is 0 Å². The Morgan fingerprint density at radius 2 is 2.08 bits per heavy atom. The molecule has 0 heterocycles. The molecule has 0 saturated carbocycles. The first-order valence-electron chi connectivity index (χ1n) is 3.83. The topological polar surface area (TPSA) is 96.0 Å². The first-order valence-corrected chi connectivity index (χ1v) is 3.83. The minimum Gasteiger partial charge on any atom is -0.370 e. The Morgan fingerprint density at radius 1 is 1.54 bits per heavy atom. The van der Waals surface area contributed by atoms with Crippen molar-refractivity contribution in [1.82, 2.24) is 5.32 Å². The molecule has 3 N–H and O–H groups in total. The molecular weight excluding hydrogens is 170 g/mol. The van der Waals surface area contributed by atoms with Crippen molar-refractivity contribution in [2.24, 2.45) is 5.73 Å². The van der Waals surface area contributed by atoms with E-state index in [-0.39, 0.29) is 12.8 Å². The minimum absolute atomic E-state index is 0.0597. The van der Waals surface area contributed by atoms with E-state index in [1.807, 2.05) is 0 Å². The van der Waals surface area contributed by atoms with Crippen LogP contribution in [0.4, 0.5) is 0 Å². The fourth-order valence-corrected chi connectivity index (χ4v) is 0.973. The third kappa shape index (κ3) is 5.67. The van der Waals surface area contributed by atoms with Crippen LogP contribution < -0.4 is 11.1 Å². The first-order chi connectivity index (χ1) is 5.87. The van der Waals surface area contributed by atoms with Crippen LogP contribution in [0.1, 0.15) is 26.7 Å². The van der Waals surface area contributed by atoms with Gasteiger partial charge in [-0.3, -0.25) is 9.59 Å². The quantitative estimate of drug-likeness (QED) is 0.624. The summed E-state index contributed by atoms with van der Waals surface area (Å²) in [6.45, 7) is 3.35. The fourth-order valence-electron chi connectivity index (χ4n) is 0.973. The Labute approximate surface area is 76.9 Å². The molecule has 72 valence electrons. The second-order valence-electron chi connectivity index (χ2n) is 3.41. The van der Waals surface area contributed by atoms with Gasteiger partial charge in [-0.15, -0.1) is 0 Å². The van der Waals surface area contributed by atoms with Gasteiger partial charge in [0.15, 0.2) is 0 Å². The second kappa shape index (κ2) is 4.45. The van der Waals surface area contributed by atoms with E-state index in [1.54, 1.807) is 19.9 Å². The number of hydrogen-bond donors (Lipinski definition) is 2. The SMILES string of the molecule is CC(C)(CC(N)=O)NC(=O)CC#N. The van der Waals surface area contributed by atoms with E-state index < -0.39 is 17.4 Å². The van der Waals surface area contributed by atoms with Crippen LogP contribution in [0.5, 0.6) is 0 Å². The summed E-state index contributed by atoms with van der Waals surface area (Å²) in [6, 6.07) is 1.72. The number of rotatable bonds is 4. The van der Waals surface area contributed by atoms with Crippen molar-refractivity contribution in [3.63, 3.8) is 0 Å². The van der Waals surface area contributed by atoms with E-state index in [1.165, 1.54) is 0 Å². The third-order valence-electron chi connectivity index (χ3n) is 1.33. The van der Waals surface area contributed by atoms with Gasteiger partial charge < -0.3 is 11.1 Å². The zero-order valence-corrected chi connectivity index (χ0v) is 7.76. The van der Waals surface area contributed by atoms with Crippen LogP contribution in [-0.4, -0.2) is 17.4 Å². The largest absolute Gasteiger partial charge is 0.370 e. The molecule has 0 aliphatic heterocycles. The summed E-state index contributed by atoms with van der Waals surface area (Å²) in [5, 5.41) is 10.7. The van der Waals surface area contributed by atoms with Gasteiger partial charge in [-0.25, -0.2) is 0 Å². The summed E-state index contributed by atoms with van der Waals surface area (Å²) in [5.74, 6) is -0.879. The maximum absolute atomic E-state index is 11.0. The van der Waals surface area contributed by atoms with Gasteiger partial charge in [0.25, 0.3) is 0 Å². The summed E-state index contributed by atoms with van der Waals surface area (Å²) in [7, 11) is 0. The molecule has 5 heteroatoms. The molecule has 5 nitrogen and oxygen atoms in total. The predicted molar refractivity (Wildman–Crippen MR) is 46.3 cm³/mol. The number of hydrogen-bond acceptors (Lipinski definition) is 3. The van der Waals surface area contributed by atoms with Crippen molar-refractivity contribution >= 4 is 11.8 Å². The van der Waals surface area contributed by atoms with Crippen LogP contribution in [0.25, 0.3) is 0 Å². The molecule has 0 unspecified atom stereocenters. The van der Waals surface area contributed by atoms with Gasteiger partial charge in [0.2, 0.25) is 11.8 Å². The maximum Gasteiger partial charge on any atom is 0.234 e. The highest BCUT2D eigenvalue weighted by molar-refractivity contribution is 5.80. The molecule has 0 spiro atoms. The van der Waals surface area contributed by atoms with Gasteiger partial charge in [-0.2, -0.15) is 5.26 Å². The monoisotopic (exact) mass is 183 g/mol. The molecule has 0 aliphatic rings. The van der Waals surface area contributed by atoms with Crippen LogP contribution in [-0.2, 0) is 9.59 Å². The number of primary amides is 1. The summed E-state index contributed by atoms with van der Waals surface area (Å²) in [6.07, 6.45) is -0.146. The molecule has 0 fully saturated rings. The van der Waals surface area contributed by atoms with Crippen molar-refractivity contribution in [3.05, 3.63) is 0 Å². The van der Waals surface area contributed by atoms with Crippen molar-refractivity contribution in [2.75, 3.05) is 0 Å². The number of nitriles is 1. The fraction of sp³-hybridized carbons (Fsp3) is 0.625. The summed E-state index contributed by atoms with van der Waals surface area (Å²) in [4.78, 5) is 21.5. The highest BCUT2D eigenvalue weighted by Crippen LogP contribution is 2.07. The van der Waals surface area contributed by atoms with Gasteiger partial charge in [0.05, 0.1) is 6.07 Å². The molecule has 2 amide bonds. The number of nitrogens with two attached hydrogens (primary N) is 1. The molecule has 13 heavy (non-hydrogen) atoms. The summed E-state index contributed by atoms with van der Waals surface area (Å²) in [5.41, 5.74) is 4.29. The highest BCUT2D eigenvalue weighted by atomic mass is 16.2. The Balaban J connectivity index is 4.10. The maximum atomic E-state index is 11.0. The number of nitrogens with one attached hydrogen (secondary N) is 1. The van der Waals surface area contributed by atoms with Crippen LogP contribution in [0.2, 0.25) is 0 Å². The van der Waals surface area contributed by atoms with Gasteiger partial charge in [-0.05, 0) is 13.8 Å². The van der Waals surface area contributed by atoms with Crippen LogP contribution in [0.15, 0.2) is 0 Å². The van der Waals surface area contributed by atoms with Gasteiger partial charge in [0, 0.05) is 12.0 Å². The second-order valence-corrected chi connectivity index (χ2v) is 3.41. The van der Waals surface area contributed by atoms with Crippen molar-refractivity contribution in [3.8, 4) is 6.07 Å². The molecule has 0 bridgehead atoms. The molecule has 0 aromatic heterocycles. The molecule has 0 aliphatic carbocycles. The highest BCUT2D eigenvalue weighted by Gasteiger charge is 2.22. The van der Waals surface area contributed by atoms with E-state index in [0.29, 0.717) is 0 Å². The lowest BCUT2D eigenvalue weighted by atomic mass is 10.0. The first kappa shape index (κ1) is 11.4. The van der Waals surface area contributed by atoms with Gasteiger partial charge in [0.1, 0.15) is 6.42 Å². The van der Waals surface area contributed by atoms with E-state index in [9.17, 15) is 9.59 Å². The summed E-state index contributed by atoms with van der Waals surface area (Å²) < 4.78 is 0. The van der Waals surface area contributed by atoms with E-state index in [0.717, 1.165) is 0 Å². The smallest absolute Gasteiger partial charge is 0.234 e. The van der Waals surface area contributed by atoms with Crippen molar-refractivity contribution < 1.29 is 9.59 Å². The predicted octanol–water partition coefficient (Wildman–Crippen LogP) is -0.330. The van der Waals surface area contributed by atoms with Gasteiger partial charge in [-0.1, -0.05) is 0 Å². The Bertz CT molecular complexity index is 253. The molecule has 0 radical (unpaired) electrons. The average molecular weight is 183 g/mol. The molecule has 0 rings (SSSR count). The van der Waals surface area contributed by atoms with Crippen molar-refractivity contribution in [1.29, 1.82) is 5.26 Å². The molecule has 0 saturated heterocycles. The zero-order chi connectivity index (χ0) is 10.5. The lowest BCUT2D eigenvalue weighted by molar-refractivity contribution is -0.123. The Hall–Kier alpha value is -1.57. The number of carbonyl (C=O) groups is 2. The third-order valence-corrected chi connectivity index (χ3v) is 1.33. The number of nitrogens with zero attached hydrogens (tertiary/aromatic N) is 1. The normalized spacial score (nSPS) is 10.2. The van der Waals surface area contributed by atoms with Crippen LogP contribution in [0.3, 0.4) is 0 Å². The standard InChI is InChI=1S/C8H13N3O2/c1-8(2,5-6(10)12)11-7(13)3-4-9/h3,5H2,1-2H3,(H2,10,12)(H,11,13). The number of carbonyl (C=O) groups excluding carboxylic acids is 2. The molecule has 0 aromatic carbocycles. The lowest BCUT2D eigenvalue weighted by Gasteiger charge is -2.23. The Morgan fingerprint density at radius 3 is 2.46 bits per heavy atom. The van der Waals surface area contributed by atoms with E-state index >= 15 is 0 Å². The molecular formula is C8H13N3O2.